The third-order valence-electron chi connectivity index (χ3n) is 4.64. The van der Waals surface area contributed by atoms with Crippen molar-refractivity contribution in [2.24, 2.45) is 0 Å². The van der Waals surface area contributed by atoms with Gasteiger partial charge in [0, 0.05) is 6.54 Å². The van der Waals surface area contributed by atoms with Gasteiger partial charge >= 0.3 is 0 Å². The molecule has 0 saturated carbocycles. The molecule has 0 bridgehead atoms. The van der Waals surface area contributed by atoms with Crippen LogP contribution in [0.3, 0.4) is 0 Å². The second kappa shape index (κ2) is 7.47. The summed E-state index contributed by atoms with van der Waals surface area (Å²) < 4.78 is 16.1. The van der Waals surface area contributed by atoms with E-state index in [1.54, 1.807) is 21.3 Å². The molecule has 1 saturated heterocycles. The van der Waals surface area contributed by atoms with E-state index in [4.69, 9.17) is 14.2 Å². The SMILES string of the molecule is COc1ccc([C@H]2CCCN2C(=O)c2ccccc2OC)cc1OC. The summed E-state index contributed by atoms with van der Waals surface area (Å²) in [5.41, 5.74) is 1.65. The maximum absolute atomic E-state index is 13.1. The van der Waals surface area contributed by atoms with Crippen LogP contribution >= 0.6 is 0 Å². The fourth-order valence-electron chi connectivity index (χ4n) is 3.39. The number of hydrogen-bond donors (Lipinski definition) is 0. The first-order chi connectivity index (χ1) is 12.2. The van der Waals surface area contributed by atoms with Crippen LogP contribution in [0.25, 0.3) is 0 Å². The number of amides is 1. The Kier molecular flexibility index (Phi) is 5.12. The van der Waals surface area contributed by atoms with Gasteiger partial charge in [0.15, 0.2) is 11.5 Å². The summed E-state index contributed by atoms with van der Waals surface area (Å²) >= 11 is 0. The fourth-order valence-corrected chi connectivity index (χ4v) is 3.39. The van der Waals surface area contributed by atoms with Gasteiger partial charge in [-0.05, 0) is 42.7 Å². The maximum Gasteiger partial charge on any atom is 0.258 e. The van der Waals surface area contributed by atoms with Crippen molar-refractivity contribution >= 4 is 5.91 Å². The van der Waals surface area contributed by atoms with Crippen molar-refractivity contribution in [1.82, 2.24) is 4.90 Å². The second-order valence-corrected chi connectivity index (χ2v) is 5.97. The Hall–Kier alpha value is -2.69. The molecule has 0 radical (unpaired) electrons. The molecule has 2 aromatic carbocycles. The normalized spacial score (nSPS) is 16.6. The number of carbonyl (C=O) groups is 1. The van der Waals surface area contributed by atoms with Crippen LogP contribution in [0.2, 0.25) is 0 Å². The van der Waals surface area contributed by atoms with Crippen molar-refractivity contribution < 1.29 is 19.0 Å². The molecule has 1 aliphatic rings. The zero-order valence-electron chi connectivity index (χ0n) is 14.8. The van der Waals surface area contributed by atoms with Crippen molar-refractivity contribution in [1.29, 1.82) is 0 Å². The lowest BCUT2D eigenvalue weighted by Crippen LogP contribution is -2.30. The van der Waals surface area contributed by atoms with Crippen LogP contribution in [0.1, 0.15) is 34.8 Å². The number of nitrogens with zero attached hydrogens (tertiary/aromatic N) is 1. The summed E-state index contributed by atoms with van der Waals surface area (Å²) in [5.74, 6) is 1.96. The highest BCUT2D eigenvalue weighted by molar-refractivity contribution is 5.97. The zero-order chi connectivity index (χ0) is 17.8. The van der Waals surface area contributed by atoms with Crippen LogP contribution < -0.4 is 14.2 Å². The van der Waals surface area contributed by atoms with E-state index in [1.165, 1.54) is 0 Å². The van der Waals surface area contributed by atoms with Crippen molar-refractivity contribution in [3.05, 3.63) is 53.6 Å². The first kappa shape index (κ1) is 17.1. The average Bonchev–Trinajstić information content (AvgIpc) is 3.16. The third kappa shape index (κ3) is 3.27. The van der Waals surface area contributed by atoms with Crippen LogP contribution in [-0.2, 0) is 0 Å². The number of rotatable bonds is 5. The van der Waals surface area contributed by atoms with Gasteiger partial charge in [0.25, 0.3) is 5.91 Å². The van der Waals surface area contributed by atoms with Gasteiger partial charge < -0.3 is 19.1 Å². The Balaban J connectivity index is 1.91. The van der Waals surface area contributed by atoms with Crippen molar-refractivity contribution in [2.75, 3.05) is 27.9 Å². The van der Waals surface area contributed by atoms with Gasteiger partial charge in [-0.2, -0.15) is 0 Å². The van der Waals surface area contributed by atoms with Gasteiger partial charge in [-0.1, -0.05) is 18.2 Å². The Morgan fingerprint density at radius 2 is 1.68 bits per heavy atom. The standard InChI is InChI=1S/C20H23NO4/c1-23-17-9-5-4-7-15(17)20(22)21-12-6-8-16(21)14-10-11-18(24-2)19(13-14)25-3/h4-5,7,9-11,13,16H,6,8,12H2,1-3H3/t16-/m1/s1. The molecule has 5 nitrogen and oxygen atoms in total. The van der Waals surface area contributed by atoms with Crippen LogP contribution in [0.4, 0.5) is 0 Å². The van der Waals surface area contributed by atoms with Gasteiger partial charge in [-0.25, -0.2) is 0 Å². The molecule has 0 aliphatic carbocycles. The van der Waals surface area contributed by atoms with Crippen LogP contribution in [0.15, 0.2) is 42.5 Å². The number of ether oxygens (including phenoxy) is 3. The monoisotopic (exact) mass is 341 g/mol. The van der Waals surface area contributed by atoms with E-state index in [-0.39, 0.29) is 11.9 Å². The van der Waals surface area contributed by atoms with Crippen molar-refractivity contribution in [3.63, 3.8) is 0 Å². The first-order valence-electron chi connectivity index (χ1n) is 8.35. The van der Waals surface area contributed by atoms with Crippen molar-refractivity contribution in [3.8, 4) is 17.2 Å². The molecule has 3 rings (SSSR count). The predicted octanol–water partition coefficient (Wildman–Crippen LogP) is 3.69. The molecule has 0 N–H and O–H groups in total. The average molecular weight is 341 g/mol. The molecule has 2 aromatic rings. The van der Waals surface area contributed by atoms with E-state index in [9.17, 15) is 4.79 Å². The Bertz CT molecular complexity index is 759. The van der Waals surface area contributed by atoms with E-state index in [2.05, 4.69) is 0 Å². The van der Waals surface area contributed by atoms with E-state index >= 15 is 0 Å². The van der Waals surface area contributed by atoms with Gasteiger partial charge in [-0.3, -0.25) is 4.79 Å². The number of benzene rings is 2. The van der Waals surface area contributed by atoms with E-state index in [0.29, 0.717) is 22.8 Å². The molecule has 0 unspecified atom stereocenters. The molecule has 5 heteroatoms. The largest absolute Gasteiger partial charge is 0.496 e. The minimum atomic E-state index is -0.00488. The topological polar surface area (TPSA) is 48.0 Å². The Labute approximate surface area is 148 Å². The Morgan fingerprint density at radius 3 is 2.40 bits per heavy atom. The first-order valence-corrected chi connectivity index (χ1v) is 8.35. The van der Waals surface area contributed by atoms with Gasteiger partial charge in [-0.15, -0.1) is 0 Å². The van der Waals surface area contributed by atoms with Gasteiger partial charge in [0.2, 0.25) is 0 Å². The third-order valence-corrected chi connectivity index (χ3v) is 4.64. The number of carbonyl (C=O) groups excluding carboxylic acids is 1. The smallest absolute Gasteiger partial charge is 0.258 e. The lowest BCUT2D eigenvalue weighted by atomic mass is 10.0. The summed E-state index contributed by atoms with van der Waals surface area (Å²) in [4.78, 5) is 15.0. The van der Waals surface area contributed by atoms with Gasteiger partial charge in [0.1, 0.15) is 5.75 Å². The molecule has 1 atom stereocenters. The molecule has 25 heavy (non-hydrogen) atoms. The molecular weight excluding hydrogens is 318 g/mol. The minimum Gasteiger partial charge on any atom is -0.496 e. The summed E-state index contributed by atoms with van der Waals surface area (Å²) in [6, 6.07) is 13.2. The number of methoxy groups -OCH3 is 3. The number of para-hydroxylation sites is 1. The Morgan fingerprint density at radius 1 is 0.960 bits per heavy atom. The minimum absolute atomic E-state index is 0.00488. The fraction of sp³-hybridized carbons (Fsp3) is 0.350. The molecule has 1 amide bonds. The summed E-state index contributed by atoms with van der Waals surface area (Å²) in [6.07, 6.45) is 1.90. The quantitative estimate of drug-likeness (QED) is 0.832. The summed E-state index contributed by atoms with van der Waals surface area (Å²) in [5, 5.41) is 0. The molecule has 132 valence electrons. The predicted molar refractivity (Wildman–Crippen MR) is 95.6 cm³/mol. The summed E-state index contributed by atoms with van der Waals surface area (Å²) in [6.45, 7) is 0.732. The van der Waals surface area contributed by atoms with Crippen molar-refractivity contribution in [2.45, 2.75) is 18.9 Å². The van der Waals surface area contributed by atoms with E-state index in [0.717, 1.165) is 24.9 Å². The highest BCUT2D eigenvalue weighted by Crippen LogP contribution is 2.38. The van der Waals surface area contributed by atoms with Gasteiger partial charge in [0.05, 0.1) is 32.9 Å². The molecule has 1 heterocycles. The molecular formula is C20H23NO4. The lowest BCUT2D eigenvalue weighted by Gasteiger charge is -2.26. The van der Waals surface area contributed by atoms with Crippen LogP contribution in [0, 0.1) is 0 Å². The molecule has 0 spiro atoms. The molecule has 0 aromatic heterocycles. The van der Waals surface area contributed by atoms with E-state index < -0.39 is 0 Å². The number of likely N-dealkylation sites (tertiary alicyclic amines) is 1. The highest BCUT2D eigenvalue weighted by atomic mass is 16.5. The second-order valence-electron chi connectivity index (χ2n) is 5.97. The van der Waals surface area contributed by atoms with Crippen LogP contribution in [0.5, 0.6) is 17.2 Å². The maximum atomic E-state index is 13.1. The molecule has 1 fully saturated rings. The summed E-state index contributed by atoms with van der Waals surface area (Å²) in [7, 11) is 4.82. The number of hydrogen-bond acceptors (Lipinski definition) is 4. The molecule has 1 aliphatic heterocycles. The lowest BCUT2D eigenvalue weighted by molar-refractivity contribution is 0.0732. The van der Waals surface area contributed by atoms with Crippen LogP contribution in [-0.4, -0.2) is 38.7 Å². The van der Waals surface area contributed by atoms with E-state index in [1.807, 2.05) is 47.4 Å². The highest BCUT2D eigenvalue weighted by Gasteiger charge is 2.32. The zero-order valence-corrected chi connectivity index (χ0v) is 14.8.